The summed E-state index contributed by atoms with van der Waals surface area (Å²) in [6, 6.07) is 7.17. The summed E-state index contributed by atoms with van der Waals surface area (Å²) in [4.78, 5) is 0. The summed E-state index contributed by atoms with van der Waals surface area (Å²) in [5, 5.41) is 0.0176. The highest BCUT2D eigenvalue weighted by atomic mass is 79.9. The van der Waals surface area contributed by atoms with Gasteiger partial charge in [-0.05, 0) is 47.4 Å². The largest absolute Gasteiger partial charge is 0.310 e. The van der Waals surface area contributed by atoms with E-state index in [1.54, 1.807) is 0 Å². The van der Waals surface area contributed by atoms with Gasteiger partial charge in [0.05, 0.1) is 10.9 Å². The molecule has 29 heavy (non-hydrogen) atoms. The zero-order valence-electron chi connectivity index (χ0n) is 14.1. The second-order valence-corrected chi connectivity index (χ2v) is 7.91. The van der Waals surface area contributed by atoms with Crippen molar-refractivity contribution in [1.29, 1.82) is 0 Å². The lowest BCUT2D eigenvalue weighted by molar-refractivity contribution is -0.0638. The van der Waals surface area contributed by atoms with Crippen LogP contribution in [0.25, 0.3) is 16.8 Å². The van der Waals surface area contributed by atoms with Gasteiger partial charge in [0.1, 0.15) is 11.6 Å². The topological polar surface area (TPSA) is 0 Å². The van der Waals surface area contributed by atoms with Crippen molar-refractivity contribution >= 4 is 48.7 Å². The summed E-state index contributed by atoms with van der Waals surface area (Å²) in [6.07, 6.45) is -0.583. The van der Waals surface area contributed by atoms with E-state index in [2.05, 4.69) is 31.9 Å². The molecule has 1 atom stereocenters. The maximum Gasteiger partial charge on any atom is 0.310 e. The van der Waals surface area contributed by atoms with E-state index in [0.717, 1.165) is 30.4 Å². The standard InChI is InChI=1S/C10H5BrF4.C10H4BrF3/c11-6-3-5-1-2-8(13)10(14,15)9(5)7(12)4-6;11-6-3-5-1-2-7(12)10(14)9(5)8(13)4-6/h1-4,8H;1-4H. The van der Waals surface area contributed by atoms with Gasteiger partial charge in [-0.2, -0.15) is 8.78 Å². The predicted octanol–water partition coefficient (Wildman–Crippen LogP) is 8.06. The molecule has 0 heterocycles. The van der Waals surface area contributed by atoms with E-state index < -0.39 is 40.9 Å². The minimum absolute atomic E-state index is 0.000718. The molecular formula is C20H9Br2F7. The number of hydrogen-bond donors (Lipinski definition) is 0. The van der Waals surface area contributed by atoms with E-state index in [9.17, 15) is 30.7 Å². The second-order valence-electron chi connectivity index (χ2n) is 6.08. The van der Waals surface area contributed by atoms with Crippen LogP contribution in [0.2, 0.25) is 0 Å². The molecule has 1 aliphatic rings. The third-order valence-corrected chi connectivity index (χ3v) is 5.05. The fourth-order valence-corrected chi connectivity index (χ4v) is 3.73. The first-order valence-electron chi connectivity index (χ1n) is 7.94. The van der Waals surface area contributed by atoms with Crippen molar-refractivity contribution in [3.05, 3.63) is 85.8 Å². The Labute approximate surface area is 177 Å². The Balaban J connectivity index is 0.000000166. The number of allylic oxidation sites excluding steroid dienone is 1. The average molecular weight is 542 g/mol. The molecular weight excluding hydrogens is 533 g/mol. The Morgan fingerprint density at radius 1 is 0.793 bits per heavy atom. The maximum atomic E-state index is 13.3. The van der Waals surface area contributed by atoms with E-state index in [-0.39, 0.29) is 10.9 Å². The third kappa shape index (κ3) is 4.21. The molecule has 0 amide bonds. The highest BCUT2D eigenvalue weighted by molar-refractivity contribution is 9.10. The molecule has 152 valence electrons. The molecule has 3 aromatic carbocycles. The molecule has 1 aliphatic carbocycles. The third-order valence-electron chi connectivity index (χ3n) is 4.13. The smallest absolute Gasteiger partial charge is 0.236 e. The molecule has 0 spiro atoms. The SMILES string of the molecule is Fc1cc(Br)cc2c1C(F)(F)C(F)C=C2.Fc1ccc2cc(Br)cc(F)c2c1F. The van der Waals surface area contributed by atoms with Crippen LogP contribution in [0, 0.1) is 23.3 Å². The van der Waals surface area contributed by atoms with Crippen molar-refractivity contribution in [2.24, 2.45) is 0 Å². The van der Waals surface area contributed by atoms with Crippen LogP contribution in [0.15, 0.2) is 51.4 Å². The predicted molar refractivity (Wildman–Crippen MR) is 103 cm³/mol. The monoisotopic (exact) mass is 540 g/mol. The van der Waals surface area contributed by atoms with Gasteiger partial charge in [-0.15, -0.1) is 0 Å². The van der Waals surface area contributed by atoms with Gasteiger partial charge in [0.2, 0.25) is 0 Å². The van der Waals surface area contributed by atoms with Gasteiger partial charge in [-0.3, -0.25) is 0 Å². The first-order chi connectivity index (χ1) is 13.5. The van der Waals surface area contributed by atoms with E-state index >= 15 is 0 Å². The lowest BCUT2D eigenvalue weighted by atomic mass is 9.92. The number of hydrogen-bond acceptors (Lipinski definition) is 0. The van der Waals surface area contributed by atoms with Gasteiger partial charge < -0.3 is 0 Å². The van der Waals surface area contributed by atoms with Crippen LogP contribution in [0.5, 0.6) is 0 Å². The number of rotatable bonds is 0. The highest BCUT2D eigenvalue weighted by Gasteiger charge is 2.46. The van der Waals surface area contributed by atoms with Gasteiger partial charge in [0.25, 0.3) is 0 Å². The molecule has 0 aromatic heterocycles. The summed E-state index contributed by atoms with van der Waals surface area (Å²) in [6.45, 7) is 0. The van der Waals surface area contributed by atoms with Gasteiger partial charge in [0.15, 0.2) is 17.8 Å². The van der Waals surface area contributed by atoms with Crippen molar-refractivity contribution in [3.63, 3.8) is 0 Å². The first kappa shape index (κ1) is 21.8. The Morgan fingerprint density at radius 3 is 2.10 bits per heavy atom. The number of alkyl halides is 3. The Morgan fingerprint density at radius 2 is 1.41 bits per heavy atom. The van der Waals surface area contributed by atoms with E-state index in [1.807, 2.05) is 0 Å². The quantitative estimate of drug-likeness (QED) is 0.252. The van der Waals surface area contributed by atoms with Crippen LogP contribution in [-0.2, 0) is 5.92 Å². The fraction of sp³-hybridized carbons (Fsp3) is 0.100. The zero-order chi connectivity index (χ0) is 21.5. The van der Waals surface area contributed by atoms with Gasteiger partial charge in [0, 0.05) is 8.95 Å². The molecule has 0 aliphatic heterocycles. The molecule has 0 N–H and O–H groups in total. The molecule has 9 heteroatoms. The first-order valence-corrected chi connectivity index (χ1v) is 9.53. The van der Waals surface area contributed by atoms with Crippen LogP contribution < -0.4 is 0 Å². The zero-order valence-corrected chi connectivity index (χ0v) is 17.3. The Bertz CT molecular complexity index is 1130. The fourth-order valence-electron chi connectivity index (χ4n) is 2.84. The van der Waals surface area contributed by atoms with E-state index in [4.69, 9.17) is 0 Å². The number of fused-ring (bicyclic) bond motifs is 2. The van der Waals surface area contributed by atoms with Crippen LogP contribution in [0.4, 0.5) is 30.7 Å². The maximum absolute atomic E-state index is 13.3. The minimum Gasteiger partial charge on any atom is -0.236 e. The molecule has 0 saturated heterocycles. The van der Waals surface area contributed by atoms with Crippen LogP contribution in [0.1, 0.15) is 11.1 Å². The van der Waals surface area contributed by atoms with Gasteiger partial charge in [-0.1, -0.05) is 44.0 Å². The molecule has 3 aromatic rings. The minimum atomic E-state index is -3.80. The Kier molecular flexibility index (Phi) is 6.10. The summed E-state index contributed by atoms with van der Waals surface area (Å²) in [7, 11) is 0. The summed E-state index contributed by atoms with van der Waals surface area (Å²) in [5.74, 6) is -7.86. The van der Waals surface area contributed by atoms with Crippen LogP contribution in [0.3, 0.4) is 0 Å². The summed E-state index contributed by atoms with van der Waals surface area (Å²) >= 11 is 6.05. The van der Waals surface area contributed by atoms with Crippen molar-refractivity contribution in [2.45, 2.75) is 12.1 Å². The molecule has 0 bridgehead atoms. The van der Waals surface area contributed by atoms with E-state index in [0.29, 0.717) is 14.3 Å². The molecule has 0 nitrogen and oxygen atoms in total. The van der Waals surface area contributed by atoms with Gasteiger partial charge >= 0.3 is 5.92 Å². The van der Waals surface area contributed by atoms with Crippen LogP contribution >= 0.6 is 31.9 Å². The molecule has 0 saturated carbocycles. The molecule has 0 fully saturated rings. The summed E-state index contributed by atoms with van der Waals surface area (Å²) < 4.78 is 92.8. The van der Waals surface area contributed by atoms with Crippen molar-refractivity contribution < 1.29 is 30.7 Å². The Hall–Kier alpha value is -1.87. The lowest BCUT2D eigenvalue weighted by Crippen LogP contribution is -2.30. The highest BCUT2D eigenvalue weighted by Crippen LogP contribution is 2.42. The average Bonchev–Trinajstić information content (AvgIpc) is 2.61. The lowest BCUT2D eigenvalue weighted by Gasteiger charge is -2.25. The van der Waals surface area contributed by atoms with E-state index in [1.165, 1.54) is 18.2 Å². The van der Waals surface area contributed by atoms with Crippen molar-refractivity contribution in [3.8, 4) is 0 Å². The number of halogens is 9. The molecule has 0 radical (unpaired) electrons. The normalized spacial score (nSPS) is 16.9. The van der Waals surface area contributed by atoms with Crippen LogP contribution in [-0.4, -0.2) is 6.17 Å². The van der Waals surface area contributed by atoms with Crippen molar-refractivity contribution in [2.75, 3.05) is 0 Å². The van der Waals surface area contributed by atoms with Gasteiger partial charge in [-0.25, -0.2) is 22.0 Å². The molecule has 1 unspecified atom stereocenters. The van der Waals surface area contributed by atoms with Crippen molar-refractivity contribution in [1.82, 2.24) is 0 Å². The summed E-state index contributed by atoms with van der Waals surface area (Å²) in [5.41, 5.74) is -0.874. The second kappa shape index (κ2) is 8.10. The number of benzene rings is 3. The molecule has 4 rings (SSSR count).